The molecule has 0 aliphatic heterocycles. The van der Waals surface area contributed by atoms with E-state index in [2.05, 4.69) is 11.8 Å². The highest BCUT2D eigenvalue weighted by Gasteiger charge is 2.65. The Morgan fingerprint density at radius 1 is 0.742 bits per heavy atom. The second-order valence-corrected chi connectivity index (χ2v) is 10.3. The minimum absolute atomic E-state index is 0.269. The summed E-state index contributed by atoms with van der Waals surface area (Å²) >= 11 is 0. The monoisotopic (exact) mass is 470 g/mol. The molecule has 0 aliphatic rings. The standard InChI is InChI=1S/C23H35F5O2S/c1-21(2)30-20-12-19-29-18-11-9-7-5-3-4-6-8-10-13-22-14-16-23(17-15-22)31(24,25,26,27)28/h14-17,21H,3-9,11-12,18-20H2,1-2H3. The van der Waals surface area contributed by atoms with Gasteiger partial charge in [0.1, 0.15) is 4.90 Å². The molecule has 0 N–H and O–H groups in total. The Hall–Kier alpha value is -1.30. The zero-order chi connectivity index (χ0) is 23.3. The molecule has 0 aromatic heterocycles. The Balaban J connectivity index is 2.02. The highest BCUT2D eigenvalue weighted by molar-refractivity contribution is 8.45. The van der Waals surface area contributed by atoms with Gasteiger partial charge in [-0.3, -0.25) is 0 Å². The zero-order valence-corrected chi connectivity index (χ0v) is 19.3. The van der Waals surface area contributed by atoms with Crippen molar-refractivity contribution in [2.24, 2.45) is 0 Å². The maximum absolute atomic E-state index is 12.7. The molecule has 1 aromatic carbocycles. The van der Waals surface area contributed by atoms with Gasteiger partial charge in [0.2, 0.25) is 0 Å². The van der Waals surface area contributed by atoms with Crippen LogP contribution in [0.15, 0.2) is 29.2 Å². The second kappa shape index (κ2) is 12.1. The molecule has 0 atom stereocenters. The van der Waals surface area contributed by atoms with Crippen molar-refractivity contribution in [1.82, 2.24) is 0 Å². The van der Waals surface area contributed by atoms with E-state index < -0.39 is 15.1 Å². The summed E-state index contributed by atoms with van der Waals surface area (Å²) in [6.45, 7) is 6.32. The SMILES string of the molecule is CC(C)OCCCOCCCCCCCCCC#Cc1ccc(S(F)(F)(F)(F)F)cc1. The maximum atomic E-state index is 12.7. The summed E-state index contributed by atoms with van der Waals surface area (Å²) < 4.78 is 74.3. The van der Waals surface area contributed by atoms with Crippen LogP contribution in [0.5, 0.6) is 0 Å². The summed E-state index contributed by atoms with van der Waals surface area (Å²) in [5.41, 5.74) is 0.306. The van der Waals surface area contributed by atoms with E-state index in [4.69, 9.17) is 9.47 Å². The van der Waals surface area contributed by atoms with Crippen LogP contribution >= 0.6 is 10.2 Å². The van der Waals surface area contributed by atoms with Gasteiger partial charge in [-0.05, 0) is 57.4 Å². The van der Waals surface area contributed by atoms with Gasteiger partial charge < -0.3 is 9.47 Å². The van der Waals surface area contributed by atoms with Gasteiger partial charge in [0.25, 0.3) is 0 Å². The molecule has 0 fully saturated rings. The van der Waals surface area contributed by atoms with Gasteiger partial charge in [0, 0.05) is 31.8 Å². The first-order valence-corrected chi connectivity index (χ1v) is 12.9. The fourth-order valence-electron chi connectivity index (χ4n) is 2.84. The first-order chi connectivity index (χ1) is 14.4. The van der Waals surface area contributed by atoms with Crippen molar-refractivity contribution in [2.75, 3.05) is 19.8 Å². The minimum atomic E-state index is -9.60. The quantitative estimate of drug-likeness (QED) is 0.145. The first kappa shape index (κ1) is 27.7. The predicted octanol–water partition coefficient (Wildman–Crippen LogP) is 8.65. The Kier molecular flexibility index (Phi) is 10.8. The van der Waals surface area contributed by atoms with E-state index in [0.717, 1.165) is 76.9 Å². The molecule has 0 aliphatic carbocycles. The fourth-order valence-corrected chi connectivity index (χ4v) is 3.49. The van der Waals surface area contributed by atoms with E-state index in [9.17, 15) is 19.4 Å². The van der Waals surface area contributed by atoms with E-state index in [0.29, 0.717) is 24.1 Å². The zero-order valence-electron chi connectivity index (χ0n) is 18.5. The van der Waals surface area contributed by atoms with Crippen molar-refractivity contribution in [1.29, 1.82) is 0 Å². The van der Waals surface area contributed by atoms with Crippen LogP contribution in [0.2, 0.25) is 0 Å². The number of hydrogen-bond donors (Lipinski definition) is 0. The number of benzene rings is 1. The average molecular weight is 471 g/mol. The van der Waals surface area contributed by atoms with Crippen LogP contribution in [0.25, 0.3) is 0 Å². The summed E-state index contributed by atoms with van der Waals surface area (Å²) in [4.78, 5) is -1.88. The lowest BCUT2D eigenvalue weighted by Crippen LogP contribution is -2.07. The Bertz CT molecular complexity index is 691. The molecule has 0 saturated heterocycles. The van der Waals surface area contributed by atoms with Crippen molar-refractivity contribution in [2.45, 2.75) is 82.6 Å². The fraction of sp³-hybridized carbons (Fsp3) is 0.652. The Morgan fingerprint density at radius 3 is 1.87 bits per heavy atom. The molecule has 2 nitrogen and oxygen atoms in total. The molecule has 0 unspecified atom stereocenters. The third-order valence-electron chi connectivity index (χ3n) is 4.51. The Morgan fingerprint density at radius 2 is 1.29 bits per heavy atom. The van der Waals surface area contributed by atoms with Crippen LogP contribution < -0.4 is 0 Å². The molecule has 0 saturated carbocycles. The molecule has 0 heterocycles. The van der Waals surface area contributed by atoms with E-state index in [-0.39, 0.29) is 6.10 Å². The van der Waals surface area contributed by atoms with Crippen LogP contribution in [-0.2, 0) is 9.47 Å². The van der Waals surface area contributed by atoms with Crippen molar-refractivity contribution < 1.29 is 28.9 Å². The number of hydrogen-bond acceptors (Lipinski definition) is 2. The van der Waals surface area contributed by atoms with Crippen LogP contribution in [0.3, 0.4) is 0 Å². The third kappa shape index (κ3) is 14.4. The van der Waals surface area contributed by atoms with Gasteiger partial charge >= 0.3 is 10.2 Å². The molecule has 1 aromatic rings. The number of ether oxygens (including phenoxy) is 2. The lowest BCUT2D eigenvalue weighted by Gasteiger charge is -2.40. The summed E-state index contributed by atoms with van der Waals surface area (Å²) in [5.74, 6) is 5.62. The first-order valence-electron chi connectivity index (χ1n) is 10.9. The molecule has 1 rings (SSSR count). The maximum Gasteiger partial charge on any atom is 0.310 e. The van der Waals surface area contributed by atoms with Crippen molar-refractivity contribution in [3.63, 3.8) is 0 Å². The van der Waals surface area contributed by atoms with Crippen LogP contribution in [0, 0.1) is 11.8 Å². The van der Waals surface area contributed by atoms with Gasteiger partial charge in [-0.15, -0.1) is 0 Å². The smallest absolute Gasteiger partial charge is 0.310 e. The van der Waals surface area contributed by atoms with Gasteiger partial charge in [0.05, 0.1) is 6.10 Å². The lowest BCUT2D eigenvalue weighted by atomic mass is 10.1. The van der Waals surface area contributed by atoms with Crippen LogP contribution in [-0.4, -0.2) is 25.9 Å². The van der Waals surface area contributed by atoms with E-state index >= 15 is 0 Å². The van der Waals surface area contributed by atoms with Gasteiger partial charge in [-0.1, -0.05) is 63.4 Å². The molecule has 8 heteroatoms. The number of rotatable bonds is 15. The predicted molar refractivity (Wildman–Crippen MR) is 118 cm³/mol. The largest absolute Gasteiger partial charge is 0.381 e. The minimum Gasteiger partial charge on any atom is -0.381 e. The summed E-state index contributed by atoms with van der Waals surface area (Å²) in [6, 6.07) is 2.78. The molecular weight excluding hydrogens is 435 g/mol. The van der Waals surface area contributed by atoms with Gasteiger partial charge in [-0.2, -0.15) is 0 Å². The van der Waals surface area contributed by atoms with Crippen LogP contribution in [0.4, 0.5) is 19.4 Å². The molecule has 0 spiro atoms. The number of unbranched alkanes of at least 4 members (excludes halogenated alkanes) is 7. The van der Waals surface area contributed by atoms with E-state index in [1.165, 1.54) is 6.42 Å². The summed E-state index contributed by atoms with van der Waals surface area (Å²) in [6.07, 6.45) is 9.46. The van der Waals surface area contributed by atoms with E-state index in [1.807, 2.05) is 13.8 Å². The molecule has 31 heavy (non-hydrogen) atoms. The lowest BCUT2D eigenvalue weighted by molar-refractivity contribution is 0.0507. The molecule has 0 bridgehead atoms. The molecule has 0 amide bonds. The van der Waals surface area contributed by atoms with Gasteiger partial charge in [-0.25, -0.2) is 0 Å². The van der Waals surface area contributed by atoms with Crippen molar-refractivity contribution in [3.05, 3.63) is 29.8 Å². The Labute approximate surface area is 183 Å². The van der Waals surface area contributed by atoms with Crippen molar-refractivity contribution >= 4 is 10.2 Å². The third-order valence-corrected chi connectivity index (χ3v) is 5.67. The van der Waals surface area contributed by atoms with Crippen LogP contribution in [0.1, 0.15) is 77.2 Å². The molecule has 0 radical (unpaired) electrons. The highest BCUT2D eigenvalue weighted by Crippen LogP contribution is 3.02. The van der Waals surface area contributed by atoms with Crippen molar-refractivity contribution in [3.8, 4) is 11.8 Å². The molecule has 180 valence electrons. The summed E-state index contributed by atoms with van der Waals surface area (Å²) in [5, 5.41) is 0. The number of halogens is 5. The topological polar surface area (TPSA) is 18.5 Å². The van der Waals surface area contributed by atoms with E-state index in [1.54, 1.807) is 0 Å². The van der Waals surface area contributed by atoms with Gasteiger partial charge in [0.15, 0.2) is 0 Å². The molecular formula is C23H35F5O2S. The average Bonchev–Trinajstić information content (AvgIpc) is 2.66. The highest BCUT2D eigenvalue weighted by atomic mass is 32.5. The second-order valence-electron chi connectivity index (χ2n) is 7.91. The summed E-state index contributed by atoms with van der Waals surface area (Å²) in [7, 11) is -9.60. The normalized spacial score (nSPS) is 14.1.